The average Bonchev–Trinajstić information content (AvgIpc) is 3.35. The number of anilines is 2. The molecule has 0 aliphatic rings. The van der Waals surface area contributed by atoms with Crippen molar-refractivity contribution in [1.82, 2.24) is 9.97 Å². The molecule has 326 valence electrons. The Bertz CT molecular complexity index is 2620. The summed E-state index contributed by atoms with van der Waals surface area (Å²) in [6, 6.07) is 40.6. The fourth-order valence-corrected chi connectivity index (χ4v) is 6.54. The Morgan fingerprint density at radius 2 is 0.877 bits per heavy atom. The molecule has 2 N–H and O–H groups in total. The Balaban J connectivity index is 1.00. The summed E-state index contributed by atoms with van der Waals surface area (Å²) in [6.45, 7) is -0.856. The normalized spacial score (nSPS) is 10.4. The van der Waals surface area contributed by atoms with Crippen LogP contribution in [0.4, 0.5) is 11.4 Å². The number of hydrogen-bond donors (Lipinski definition) is 2. The molecular weight excluding hydrogens is 831 g/mol. The van der Waals surface area contributed by atoms with Crippen LogP contribution in [0.5, 0.6) is 29.0 Å². The zero-order valence-electron chi connectivity index (χ0n) is 35.4. The highest BCUT2D eigenvalue weighted by atomic mass is 16.6. The maximum Gasteiger partial charge on any atom is 0.640 e. The number of para-hydroxylation sites is 5. The summed E-state index contributed by atoms with van der Waals surface area (Å²) < 4.78 is 39.3. The Kier molecular flexibility index (Phi) is 14.6. The molecule has 7 rings (SSSR count). The lowest BCUT2D eigenvalue weighted by Gasteiger charge is -2.19. The lowest BCUT2D eigenvalue weighted by atomic mass is 9.77. The second-order valence-corrected chi connectivity index (χ2v) is 13.8. The van der Waals surface area contributed by atoms with Gasteiger partial charge in [-0.1, -0.05) is 78.9 Å². The predicted molar refractivity (Wildman–Crippen MR) is 243 cm³/mol. The van der Waals surface area contributed by atoms with Crippen LogP contribution in [0.25, 0.3) is 22.3 Å². The van der Waals surface area contributed by atoms with E-state index in [1.807, 2.05) is 48.5 Å². The van der Waals surface area contributed by atoms with Crippen LogP contribution in [-0.4, -0.2) is 75.4 Å². The lowest BCUT2D eigenvalue weighted by molar-refractivity contribution is -0.118. The molecule has 0 saturated heterocycles. The Labute approximate surface area is 374 Å². The van der Waals surface area contributed by atoms with Gasteiger partial charge in [0.15, 0.2) is 13.2 Å². The van der Waals surface area contributed by atoms with E-state index in [1.54, 1.807) is 99.4 Å². The maximum absolute atomic E-state index is 13.9. The van der Waals surface area contributed by atoms with Gasteiger partial charge in [0.25, 0.3) is 11.8 Å². The van der Waals surface area contributed by atoms with Gasteiger partial charge in [-0.05, 0) is 54.6 Å². The molecule has 2 heterocycles. The highest BCUT2D eigenvalue weighted by Gasteiger charge is 2.36. The topological polar surface area (TPSA) is 183 Å². The van der Waals surface area contributed by atoms with Crippen LogP contribution in [0.1, 0.15) is 20.7 Å². The quantitative estimate of drug-likeness (QED) is 0.0822. The van der Waals surface area contributed by atoms with Gasteiger partial charge in [-0.15, -0.1) is 0 Å². The SMILES string of the molecule is COc1ccccc1B(OC(=O)c1ccccc1NC(=O)COc1ccc(-c2ccccc2OC)cn1)OC(=O)c1ccccc1NC(=O)COc1ccc(-c2ccccc2OC)cn1. The van der Waals surface area contributed by atoms with Crippen molar-refractivity contribution in [1.29, 1.82) is 0 Å². The number of methoxy groups -OCH3 is 3. The van der Waals surface area contributed by atoms with E-state index >= 15 is 0 Å². The number of amides is 2. The molecule has 65 heavy (non-hydrogen) atoms. The van der Waals surface area contributed by atoms with E-state index in [0.29, 0.717) is 11.5 Å². The van der Waals surface area contributed by atoms with Gasteiger partial charge in [0, 0.05) is 46.8 Å². The molecule has 7 aromatic rings. The minimum Gasteiger partial charge on any atom is -0.497 e. The van der Waals surface area contributed by atoms with Crippen molar-refractivity contribution in [3.05, 3.63) is 169 Å². The number of benzene rings is 5. The first-order valence-corrected chi connectivity index (χ1v) is 20.0. The third-order valence-corrected chi connectivity index (χ3v) is 9.67. The smallest absolute Gasteiger partial charge is 0.497 e. The number of aromatic nitrogens is 2. The van der Waals surface area contributed by atoms with E-state index in [9.17, 15) is 19.2 Å². The molecule has 2 aromatic heterocycles. The molecule has 16 heteroatoms. The van der Waals surface area contributed by atoms with Crippen molar-refractivity contribution in [2.24, 2.45) is 0 Å². The molecule has 0 aliphatic carbocycles. The fourth-order valence-electron chi connectivity index (χ4n) is 6.54. The Hall–Kier alpha value is -8.66. The van der Waals surface area contributed by atoms with Crippen molar-refractivity contribution in [2.45, 2.75) is 0 Å². The highest BCUT2D eigenvalue weighted by molar-refractivity contribution is 6.66. The Morgan fingerprint density at radius 3 is 1.31 bits per heavy atom. The van der Waals surface area contributed by atoms with E-state index in [2.05, 4.69) is 20.6 Å². The molecule has 15 nitrogen and oxygen atoms in total. The van der Waals surface area contributed by atoms with Gasteiger partial charge in [0.2, 0.25) is 11.8 Å². The summed E-state index contributed by atoms with van der Waals surface area (Å²) in [4.78, 5) is 62.6. The van der Waals surface area contributed by atoms with Crippen LogP contribution in [0.3, 0.4) is 0 Å². The van der Waals surface area contributed by atoms with Crippen LogP contribution in [0.2, 0.25) is 0 Å². The summed E-state index contributed by atoms with van der Waals surface area (Å²) in [7, 11) is 2.93. The molecular formula is C49H41BN4O11. The largest absolute Gasteiger partial charge is 0.640 e. The van der Waals surface area contributed by atoms with Crippen LogP contribution in [0, 0.1) is 0 Å². The van der Waals surface area contributed by atoms with Crippen LogP contribution in [-0.2, 0) is 18.9 Å². The van der Waals surface area contributed by atoms with E-state index in [-0.39, 0.29) is 45.5 Å². The average molecular weight is 873 g/mol. The molecule has 0 fully saturated rings. The van der Waals surface area contributed by atoms with Crippen molar-refractivity contribution < 1.29 is 52.2 Å². The molecule has 0 unspecified atom stereocenters. The standard InChI is InChI=1S/C49H41BN4O11/c1-59-41-21-11-6-14-34(41)32-24-26-46(51-28-32)62-30-44(55)53-39-19-9-4-16-36(39)48(57)64-50(38-18-8-13-23-43(38)61-3)65-49(58)37-17-5-10-20-40(37)54-45(56)31-63-47-27-25-33(29-52-47)35-15-7-12-22-42(35)60-2/h4-29H,30-31H2,1-3H3,(H,53,55)(H,54,56). The summed E-state index contributed by atoms with van der Waals surface area (Å²) in [6.07, 6.45) is 3.21. The number of rotatable bonds is 18. The highest BCUT2D eigenvalue weighted by Crippen LogP contribution is 2.31. The molecule has 2 amide bonds. The molecule has 0 saturated carbocycles. The number of carbonyl (C=O) groups excluding carboxylic acids is 4. The lowest BCUT2D eigenvalue weighted by Crippen LogP contribution is -2.41. The molecule has 5 aromatic carbocycles. The van der Waals surface area contributed by atoms with Crippen LogP contribution < -0.4 is 39.8 Å². The molecule has 0 spiro atoms. The number of nitrogens with one attached hydrogen (secondary N) is 2. The summed E-state index contributed by atoms with van der Waals surface area (Å²) in [5.74, 6) is -1.04. The Morgan fingerprint density at radius 1 is 0.477 bits per heavy atom. The number of hydrogen-bond acceptors (Lipinski definition) is 13. The van der Waals surface area contributed by atoms with Gasteiger partial charge in [-0.25, -0.2) is 19.6 Å². The van der Waals surface area contributed by atoms with E-state index in [1.165, 1.54) is 31.4 Å². The zero-order valence-corrected chi connectivity index (χ0v) is 35.4. The van der Waals surface area contributed by atoms with Gasteiger partial charge in [0.05, 0.1) is 49.3 Å². The summed E-state index contributed by atoms with van der Waals surface area (Å²) >= 11 is 0. The first-order valence-electron chi connectivity index (χ1n) is 20.0. The number of carbonyl (C=O) groups is 4. The van der Waals surface area contributed by atoms with Gasteiger partial charge >= 0.3 is 19.1 Å². The second-order valence-electron chi connectivity index (χ2n) is 13.8. The van der Waals surface area contributed by atoms with Gasteiger partial charge in [0.1, 0.15) is 17.2 Å². The predicted octanol–water partition coefficient (Wildman–Crippen LogP) is 7.28. The number of ether oxygens (including phenoxy) is 5. The molecule has 0 aliphatic heterocycles. The van der Waals surface area contributed by atoms with Crippen LogP contribution >= 0.6 is 0 Å². The second kappa shape index (κ2) is 21.4. The third kappa shape index (κ3) is 11.2. The molecule has 0 radical (unpaired) electrons. The van der Waals surface area contributed by atoms with E-state index in [4.69, 9.17) is 33.0 Å². The molecule has 0 bridgehead atoms. The fraction of sp³-hybridized carbons (Fsp3) is 0.102. The first-order chi connectivity index (χ1) is 31.7. The van der Waals surface area contributed by atoms with E-state index < -0.39 is 44.1 Å². The van der Waals surface area contributed by atoms with Gasteiger partial charge in [-0.3, -0.25) is 9.59 Å². The third-order valence-electron chi connectivity index (χ3n) is 9.67. The summed E-state index contributed by atoms with van der Waals surface area (Å²) in [5.41, 5.74) is 3.59. The van der Waals surface area contributed by atoms with Crippen molar-refractivity contribution in [3.8, 4) is 51.3 Å². The van der Waals surface area contributed by atoms with Gasteiger partial charge in [-0.2, -0.15) is 0 Å². The van der Waals surface area contributed by atoms with Crippen molar-refractivity contribution in [2.75, 3.05) is 45.2 Å². The van der Waals surface area contributed by atoms with E-state index in [0.717, 1.165) is 22.3 Å². The minimum atomic E-state index is -1.65. The number of nitrogens with zero attached hydrogens (tertiary/aromatic N) is 2. The van der Waals surface area contributed by atoms with Crippen LogP contribution in [0.15, 0.2) is 158 Å². The van der Waals surface area contributed by atoms with Crippen molar-refractivity contribution >= 4 is 47.7 Å². The zero-order chi connectivity index (χ0) is 45.5. The maximum atomic E-state index is 13.9. The van der Waals surface area contributed by atoms with Crippen molar-refractivity contribution in [3.63, 3.8) is 0 Å². The number of pyridine rings is 2. The van der Waals surface area contributed by atoms with Gasteiger partial charge < -0.3 is 43.6 Å². The minimum absolute atomic E-state index is 0.0485. The molecule has 0 atom stereocenters. The first kappa shape index (κ1) is 44.4. The summed E-state index contributed by atoms with van der Waals surface area (Å²) in [5, 5.41) is 5.35. The monoisotopic (exact) mass is 872 g/mol.